The van der Waals surface area contributed by atoms with E-state index in [1.54, 1.807) is 31.2 Å². The molecule has 0 fully saturated rings. The molecular formula is C23H15F6N3O3S. The number of anilines is 1. The average Bonchev–Trinajstić information content (AvgIpc) is 2.78. The Balaban J connectivity index is 1.70. The van der Waals surface area contributed by atoms with Crippen LogP contribution in [0.4, 0.5) is 32.0 Å². The number of hydrogen-bond acceptors (Lipinski definition) is 4. The van der Waals surface area contributed by atoms with Gasteiger partial charge >= 0.3 is 12.4 Å². The molecule has 0 radical (unpaired) electrons. The molecule has 1 N–H and O–H groups in total. The third kappa shape index (κ3) is 4.91. The summed E-state index contributed by atoms with van der Waals surface area (Å²) in [5.74, 6) is 0.343. The van der Waals surface area contributed by atoms with E-state index in [-0.39, 0.29) is 29.4 Å². The first-order chi connectivity index (χ1) is 16.7. The third-order valence-electron chi connectivity index (χ3n) is 5.19. The van der Waals surface area contributed by atoms with Crippen LogP contribution in [0.15, 0.2) is 76.4 Å². The highest BCUT2D eigenvalue weighted by atomic mass is 32.2. The number of alkyl halides is 6. The maximum absolute atomic E-state index is 13.1. The van der Waals surface area contributed by atoms with E-state index in [2.05, 4.69) is 4.98 Å². The Hall–Kier alpha value is -3.87. The van der Waals surface area contributed by atoms with Crippen molar-refractivity contribution in [3.8, 4) is 5.69 Å². The first-order valence-electron chi connectivity index (χ1n) is 10.1. The van der Waals surface area contributed by atoms with E-state index >= 15 is 0 Å². The van der Waals surface area contributed by atoms with Crippen molar-refractivity contribution in [1.82, 2.24) is 9.55 Å². The fourth-order valence-corrected chi connectivity index (χ4v) is 4.65. The number of sulfonamides is 1. The van der Waals surface area contributed by atoms with Gasteiger partial charge in [0.05, 0.1) is 32.6 Å². The van der Waals surface area contributed by atoms with Crippen molar-refractivity contribution in [3.05, 3.63) is 94.0 Å². The van der Waals surface area contributed by atoms with E-state index in [0.29, 0.717) is 22.4 Å². The monoisotopic (exact) mass is 527 g/mol. The Labute approximate surface area is 199 Å². The number of aromatic nitrogens is 2. The van der Waals surface area contributed by atoms with Gasteiger partial charge in [-0.2, -0.15) is 26.3 Å². The van der Waals surface area contributed by atoms with Crippen molar-refractivity contribution in [2.24, 2.45) is 0 Å². The van der Waals surface area contributed by atoms with Crippen LogP contribution in [0.1, 0.15) is 17.0 Å². The highest BCUT2D eigenvalue weighted by molar-refractivity contribution is 7.92. The van der Waals surface area contributed by atoms with Gasteiger partial charge in [0.2, 0.25) is 0 Å². The van der Waals surface area contributed by atoms with E-state index in [1.165, 1.54) is 28.8 Å². The molecule has 1 aromatic heterocycles. The maximum atomic E-state index is 13.1. The van der Waals surface area contributed by atoms with Crippen LogP contribution >= 0.6 is 0 Å². The number of nitrogens with zero attached hydrogens (tertiary/aromatic N) is 2. The molecule has 0 aliphatic rings. The lowest BCUT2D eigenvalue weighted by Gasteiger charge is -2.15. The SMILES string of the molecule is Cc1nc2ccccc2c(=O)n1-c1ccc(NS(=O)(=O)c2cc(C(F)(F)F)cc(C(F)(F)F)c2)cc1. The Morgan fingerprint density at radius 2 is 1.39 bits per heavy atom. The smallest absolute Gasteiger partial charge is 0.280 e. The van der Waals surface area contributed by atoms with Crippen LogP contribution in [0.3, 0.4) is 0 Å². The first kappa shape index (κ1) is 25.2. The zero-order valence-corrected chi connectivity index (χ0v) is 19.0. The van der Waals surface area contributed by atoms with Gasteiger partial charge in [-0.05, 0) is 61.5 Å². The lowest BCUT2D eigenvalue weighted by atomic mass is 10.1. The second-order valence-corrected chi connectivity index (χ2v) is 9.39. The molecule has 3 aromatic carbocycles. The molecule has 6 nitrogen and oxygen atoms in total. The summed E-state index contributed by atoms with van der Waals surface area (Å²) in [6.07, 6.45) is -10.4. The van der Waals surface area contributed by atoms with Gasteiger partial charge in [0.25, 0.3) is 15.6 Å². The molecule has 0 aliphatic heterocycles. The third-order valence-corrected chi connectivity index (χ3v) is 6.55. The Kier molecular flexibility index (Phi) is 6.07. The number of hydrogen-bond donors (Lipinski definition) is 1. The topological polar surface area (TPSA) is 81.1 Å². The molecule has 188 valence electrons. The molecule has 1 heterocycles. The molecule has 4 aromatic rings. The van der Waals surface area contributed by atoms with E-state index in [0.717, 1.165) is 0 Å². The summed E-state index contributed by atoms with van der Waals surface area (Å²) in [6.45, 7) is 1.59. The van der Waals surface area contributed by atoms with Crippen LogP contribution in [-0.2, 0) is 22.4 Å². The molecule has 0 amide bonds. The summed E-state index contributed by atoms with van der Waals surface area (Å²) >= 11 is 0. The molecule has 0 atom stereocenters. The van der Waals surface area contributed by atoms with Gasteiger partial charge in [0, 0.05) is 5.69 Å². The molecule has 4 rings (SSSR count). The largest absolute Gasteiger partial charge is 0.416 e. The molecule has 0 aliphatic carbocycles. The molecule has 0 bridgehead atoms. The lowest BCUT2D eigenvalue weighted by molar-refractivity contribution is -0.143. The maximum Gasteiger partial charge on any atom is 0.416 e. The Bertz CT molecular complexity index is 1590. The molecule has 0 saturated heterocycles. The Morgan fingerprint density at radius 3 is 1.94 bits per heavy atom. The Morgan fingerprint density at radius 1 is 0.833 bits per heavy atom. The minimum atomic E-state index is -5.20. The van der Waals surface area contributed by atoms with Crippen LogP contribution in [-0.4, -0.2) is 18.0 Å². The predicted octanol–water partition coefficient (Wildman–Crippen LogP) is 5.53. The second kappa shape index (κ2) is 8.66. The fraction of sp³-hybridized carbons (Fsp3) is 0.130. The summed E-state index contributed by atoms with van der Waals surface area (Å²) < 4.78 is 107. The van der Waals surface area contributed by atoms with Gasteiger partial charge in [-0.3, -0.25) is 14.1 Å². The lowest BCUT2D eigenvalue weighted by Crippen LogP contribution is -2.22. The molecular weight excluding hydrogens is 512 g/mol. The molecule has 36 heavy (non-hydrogen) atoms. The minimum absolute atomic E-state index is 0.121. The van der Waals surface area contributed by atoms with E-state index in [1.807, 2.05) is 4.72 Å². The average molecular weight is 527 g/mol. The highest BCUT2D eigenvalue weighted by Crippen LogP contribution is 2.37. The van der Waals surface area contributed by atoms with Gasteiger partial charge in [-0.25, -0.2) is 13.4 Å². The number of halogens is 6. The number of fused-ring (bicyclic) bond motifs is 1. The normalized spacial score (nSPS) is 12.6. The van der Waals surface area contributed by atoms with Crippen molar-refractivity contribution in [2.75, 3.05) is 4.72 Å². The standard InChI is InChI=1S/C23H15F6N3O3S/c1-13-30-20-5-3-2-4-19(20)21(33)32(13)17-8-6-16(7-9-17)31-36(34,35)18-11-14(22(24,25)26)10-15(12-18)23(27,28)29/h2-12,31H,1H3. The summed E-state index contributed by atoms with van der Waals surface area (Å²) in [5.41, 5.74) is -3.24. The zero-order chi connectivity index (χ0) is 26.5. The van der Waals surface area contributed by atoms with Gasteiger partial charge in [-0.1, -0.05) is 12.1 Å². The van der Waals surface area contributed by atoms with Crippen LogP contribution in [0.25, 0.3) is 16.6 Å². The number of benzene rings is 3. The van der Waals surface area contributed by atoms with Gasteiger partial charge in [-0.15, -0.1) is 0 Å². The number of rotatable bonds is 4. The van der Waals surface area contributed by atoms with Crippen LogP contribution < -0.4 is 10.3 Å². The highest BCUT2D eigenvalue weighted by Gasteiger charge is 2.38. The predicted molar refractivity (Wildman–Crippen MR) is 119 cm³/mol. The minimum Gasteiger partial charge on any atom is -0.280 e. The number of nitrogens with one attached hydrogen (secondary N) is 1. The van der Waals surface area contributed by atoms with E-state index in [4.69, 9.17) is 0 Å². The van der Waals surface area contributed by atoms with Gasteiger partial charge in [0.1, 0.15) is 5.82 Å². The summed E-state index contributed by atoms with van der Waals surface area (Å²) in [7, 11) is -4.83. The van der Waals surface area contributed by atoms with Crippen molar-refractivity contribution in [3.63, 3.8) is 0 Å². The molecule has 0 saturated carbocycles. The quantitative estimate of drug-likeness (QED) is 0.354. The van der Waals surface area contributed by atoms with Crippen LogP contribution in [0.2, 0.25) is 0 Å². The zero-order valence-electron chi connectivity index (χ0n) is 18.1. The van der Waals surface area contributed by atoms with Crippen LogP contribution in [0.5, 0.6) is 0 Å². The van der Waals surface area contributed by atoms with Crippen LogP contribution in [0, 0.1) is 6.92 Å². The van der Waals surface area contributed by atoms with E-state index in [9.17, 15) is 39.6 Å². The molecule has 13 heteroatoms. The second-order valence-electron chi connectivity index (χ2n) is 7.71. The first-order valence-corrected chi connectivity index (χ1v) is 11.6. The van der Waals surface area contributed by atoms with Crippen molar-refractivity contribution in [1.29, 1.82) is 0 Å². The number of para-hydroxylation sites is 1. The summed E-state index contributed by atoms with van der Waals surface area (Å²) in [5, 5.41) is 0.345. The van der Waals surface area contributed by atoms with Gasteiger partial charge < -0.3 is 0 Å². The number of aryl methyl sites for hydroxylation is 1. The van der Waals surface area contributed by atoms with Crippen molar-refractivity contribution >= 4 is 26.6 Å². The van der Waals surface area contributed by atoms with Crippen molar-refractivity contribution in [2.45, 2.75) is 24.2 Å². The molecule has 0 spiro atoms. The summed E-state index contributed by atoms with van der Waals surface area (Å²) in [6, 6.07) is 11.9. The molecule has 0 unspecified atom stereocenters. The van der Waals surface area contributed by atoms with Gasteiger partial charge in [0.15, 0.2) is 0 Å². The van der Waals surface area contributed by atoms with E-state index < -0.39 is 38.4 Å². The fourth-order valence-electron chi connectivity index (χ4n) is 3.52. The summed E-state index contributed by atoms with van der Waals surface area (Å²) in [4.78, 5) is 16.1. The van der Waals surface area contributed by atoms with Crippen molar-refractivity contribution < 1.29 is 34.8 Å².